The highest BCUT2D eigenvalue weighted by molar-refractivity contribution is 5.80. The number of hydrogen-bond donors (Lipinski definition) is 1. The first-order valence-electron chi connectivity index (χ1n) is 7.01. The molecule has 6 heteroatoms. The number of aromatic nitrogens is 3. The number of aryl methyl sites for hydroxylation is 1. The topological polar surface area (TPSA) is 63.1 Å². The molecule has 3 heterocycles. The zero-order chi connectivity index (χ0) is 14.8. The van der Waals surface area contributed by atoms with Gasteiger partial charge in [-0.05, 0) is 11.6 Å². The van der Waals surface area contributed by atoms with Gasteiger partial charge >= 0.3 is 0 Å². The number of pyridine rings is 1. The van der Waals surface area contributed by atoms with Crippen LogP contribution in [0.15, 0.2) is 36.9 Å². The van der Waals surface area contributed by atoms with Crippen molar-refractivity contribution in [1.82, 2.24) is 25.0 Å². The summed E-state index contributed by atoms with van der Waals surface area (Å²) in [5.41, 5.74) is 2.18. The van der Waals surface area contributed by atoms with Gasteiger partial charge in [0.2, 0.25) is 5.91 Å². The largest absolute Gasteiger partial charge is 0.337 e. The predicted molar refractivity (Wildman–Crippen MR) is 78.2 cm³/mol. The fourth-order valence-electron chi connectivity index (χ4n) is 2.87. The average molecular weight is 285 g/mol. The van der Waals surface area contributed by atoms with Gasteiger partial charge < -0.3 is 10.2 Å². The molecule has 3 rings (SSSR count). The molecule has 2 aromatic rings. The lowest BCUT2D eigenvalue weighted by molar-refractivity contribution is -0.127. The third-order valence-corrected chi connectivity index (χ3v) is 3.94. The van der Waals surface area contributed by atoms with E-state index in [4.69, 9.17) is 0 Å². The third kappa shape index (κ3) is 2.80. The molecule has 110 valence electrons. The molecule has 0 aromatic carbocycles. The Morgan fingerprint density at radius 3 is 2.90 bits per heavy atom. The maximum absolute atomic E-state index is 12.0. The summed E-state index contributed by atoms with van der Waals surface area (Å²) in [6.45, 7) is 0.705. The molecule has 1 fully saturated rings. The molecule has 0 saturated carbocycles. The Morgan fingerprint density at radius 2 is 2.24 bits per heavy atom. The van der Waals surface area contributed by atoms with E-state index in [1.54, 1.807) is 15.8 Å². The molecule has 0 spiro atoms. The minimum atomic E-state index is 0.0304. The van der Waals surface area contributed by atoms with Gasteiger partial charge in [0.05, 0.1) is 12.2 Å². The zero-order valence-corrected chi connectivity index (χ0v) is 12.2. The molecular formula is C15H19N5O. The van der Waals surface area contributed by atoms with E-state index in [0.717, 1.165) is 11.1 Å². The van der Waals surface area contributed by atoms with E-state index in [0.29, 0.717) is 13.0 Å². The summed E-state index contributed by atoms with van der Waals surface area (Å²) in [5, 5.41) is 7.64. The second-order valence-corrected chi connectivity index (χ2v) is 5.45. The number of hydrogen-bond acceptors (Lipinski definition) is 4. The van der Waals surface area contributed by atoms with Crippen LogP contribution in [0.5, 0.6) is 0 Å². The summed E-state index contributed by atoms with van der Waals surface area (Å²) in [5.74, 6) is 0.160. The van der Waals surface area contributed by atoms with Gasteiger partial charge in [-0.3, -0.25) is 14.5 Å². The Morgan fingerprint density at radius 1 is 1.38 bits per heavy atom. The van der Waals surface area contributed by atoms with Gasteiger partial charge in [0.25, 0.3) is 0 Å². The number of amides is 1. The lowest BCUT2D eigenvalue weighted by Gasteiger charge is -2.25. The van der Waals surface area contributed by atoms with E-state index in [1.807, 2.05) is 44.8 Å². The van der Waals surface area contributed by atoms with Crippen LogP contribution in [0.4, 0.5) is 0 Å². The molecule has 1 amide bonds. The van der Waals surface area contributed by atoms with E-state index >= 15 is 0 Å². The Kier molecular flexibility index (Phi) is 3.70. The van der Waals surface area contributed by atoms with Gasteiger partial charge in [-0.15, -0.1) is 0 Å². The van der Waals surface area contributed by atoms with E-state index in [9.17, 15) is 4.79 Å². The molecule has 0 unspecified atom stereocenters. The zero-order valence-electron chi connectivity index (χ0n) is 12.2. The second kappa shape index (κ2) is 5.65. The standard InChI is InChI=1S/C15H19N5O/c1-19-10-11(8-18-19)7-17-13-6-14(21)20(2)15(13)12-4-3-5-16-9-12/h3-5,8-10,13,15,17H,6-7H2,1-2H3/t13-,15+/m1/s1. The molecule has 0 aliphatic carbocycles. The summed E-state index contributed by atoms with van der Waals surface area (Å²) in [4.78, 5) is 18.0. The van der Waals surface area contributed by atoms with Gasteiger partial charge in [-0.1, -0.05) is 6.07 Å². The number of nitrogens with one attached hydrogen (secondary N) is 1. The van der Waals surface area contributed by atoms with Gasteiger partial charge in [-0.2, -0.15) is 5.10 Å². The highest BCUT2D eigenvalue weighted by Gasteiger charge is 2.38. The van der Waals surface area contributed by atoms with Crippen molar-refractivity contribution in [2.45, 2.75) is 25.0 Å². The predicted octanol–water partition coefficient (Wildman–Crippen LogP) is 0.877. The number of carbonyl (C=O) groups excluding carboxylic acids is 1. The molecule has 1 aliphatic rings. The first-order chi connectivity index (χ1) is 10.1. The van der Waals surface area contributed by atoms with Gasteiger partial charge in [0.1, 0.15) is 0 Å². The molecule has 0 bridgehead atoms. The Hall–Kier alpha value is -2.21. The first-order valence-corrected chi connectivity index (χ1v) is 7.01. The number of likely N-dealkylation sites (N-methyl/N-ethyl adjacent to an activating group) is 1. The van der Waals surface area contributed by atoms with Crippen molar-refractivity contribution >= 4 is 5.91 Å². The minimum Gasteiger partial charge on any atom is -0.337 e. The normalized spacial score (nSPS) is 22.0. The van der Waals surface area contributed by atoms with E-state index in [2.05, 4.69) is 15.4 Å². The summed E-state index contributed by atoms with van der Waals surface area (Å²) in [7, 11) is 3.75. The van der Waals surface area contributed by atoms with Crippen LogP contribution in [-0.4, -0.2) is 38.7 Å². The molecule has 1 saturated heterocycles. The average Bonchev–Trinajstić information content (AvgIpc) is 3.02. The summed E-state index contributed by atoms with van der Waals surface area (Å²) < 4.78 is 1.78. The number of carbonyl (C=O) groups is 1. The molecule has 0 radical (unpaired) electrons. The molecule has 2 atom stereocenters. The highest BCUT2D eigenvalue weighted by atomic mass is 16.2. The van der Waals surface area contributed by atoms with Gasteiger partial charge in [-0.25, -0.2) is 0 Å². The Balaban J connectivity index is 1.75. The Bertz CT molecular complexity index is 624. The number of nitrogens with zero attached hydrogens (tertiary/aromatic N) is 4. The van der Waals surface area contributed by atoms with Crippen LogP contribution in [0.3, 0.4) is 0 Å². The van der Waals surface area contributed by atoms with Crippen LogP contribution in [0.25, 0.3) is 0 Å². The van der Waals surface area contributed by atoms with Crippen molar-refractivity contribution < 1.29 is 4.79 Å². The summed E-state index contributed by atoms with van der Waals surface area (Å²) in [6, 6.07) is 4.05. The lowest BCUT2D eigenvalue weighted by Crippen LogP contribution is -2.34. The van der Waals surface area contributed by atoms with Crippen molar-refractivity contribution in [2.24, 2.45) is 7.05 Å². The van der Waals surface area contributed by atoms with Crippen LogP contribution in [0.2, 0.25) is 0 Å². The van der Waals surface area contributed by atoms with E-state index in [-0.39, 0.29) is 18.0 Å². The summed E-state index contributed by atoms with van der Waals surface area (Å²) in [6.07, 6.45) is 7.91. The van der Waals surface area contributed by atoms with Crippen molar-refractivity contribution in [1.29, 1.82) is 0 Å². The molecule has 1 aliphatic heterocycles. The summed E-state index contributed by atoms with van der Waals surface area (Å²) >= 11 is 0. The van der Waals surface area contributed by atoms with Crippen LogP contribution in [0.1, 0.15) is 23.6 Å². The van der Waals surface area contributed by atoms with Crippen molar-refractivity contribution in [3.63, 3.8) is 0 Å². The Labute approximate surface area is 123 Å². The van der Waals surface area contributed by atoms with Gasteiger partial charge in [0.15, 0.2) is 0 Å². The molecular weight excluding hydrogens is 266 g/mol. The van der Waals surface area contributed by atoms with Crippen molar-refractivity contribution in [3.05, 3.63) is 48.0 Å². The third-order valence-electron chi connectivity index (χ3n) is 3.94. The van der Waals surface area contributed by atoms with Crippen LogP contribution in [-0.2, 0) is 18.4 Å². The maximum Gasteiger partial charge on any atom is 0.224 e. The quantitative estimate of drug-likeness (QED) is 0.905. The van der Waals surface area contributed by atoms with Gasteiger partial charge in [0, 0.05) is 57.3 Å². The number of likely N-dealkylation sites (tertiary alicyclic amines) is 1. The van der Waals surface area contributed by atoms with E-state index in [1.165, 1.54) is 0 Å². The highest BCUT2D eigenvalue weighted by Crippen LogP contribution is 2.31. The SMILES string of the molecule is CN1C(=O)C[C@@H](NCc2cnn(C)c2)[C@@H]1c1cccnc1. The molecule has 2 aromatic heterocycles. The van der Waals surface area contributed by atoms with Crippen LogP contribution in [0, 0.1) is 0 Å². The van der Waals surface area contributed by atoms with Crippen LogP contribution >= 0.6 is 0 Å². The van der Waals surface area contributed by atoms with Crippen molar-refractivity contribution in [3.8, 4) is 0 Å². The minimum absolute atomic E-state index is 0.0304. The first kappa shape index (κ1) is 13.8. The molecule has 1 N–H and O–H groups in total. The lowest BCUT2D eigenvalue weighted by atomic mass is 10.0. The smallest absolute Gasteiger partial charge is 0.224 e. The fourth-order valence-corrected chi connectivity index (χ4v) is 2.87. The molecule has 21 heavy (non-hydrogen) atoms. The second-order valence-electron chi connectivity index (χ2n) is 5.45. The fraction of sp³-hybridized carbons (Fsp3) is 0.400. The van der Waals surface area contributed by atoms with Crippen molar-refractivity contribution in [2.75, 3.05) is 7.05 Å². The van der Waals surface area contributed by atoms with E-state index < -0.39 is 0 Å². The molecule has 6 nitrogen and oxygen atoms in total. The number of rotatable bonds is 4. The van der Waals surface area contributed by atoms with Crippen LogP contribution < -0.4 is 5.32 Å². The maximum atomic E-state index is 12.0. The monoisotopic (exact) mass is 285 g/mol.